The molecule has 5 nitrogen and oxygen atoms in total. The fourth-order valence-corrected chi connectivity index (χ4v) is 4.61. The number of nitrogens with one attached hydrogen (secondary N) is 1. The average Bonchev–Trinajstić information content (AvgIpc) is 3.00. The van der Waals surface area contributed by atoms with Crippen LogP contribution in [0.4, 0.5) is 0 Å². The summed E-state index contributed by atoms with van der Waals surface area (Å²) in [6, 6.07) is 9.54. The van der Waals surface area contributed by atoms with Gasteiger partial charge in [-0.2, -0.15) is 0 Å². The summed E-state index contributed by atoms with van der Waals surface area (Å²) in [4.78, 5) is 2.41. The second-order valence-corrected chi connectivity index (χ2v) is 8.78. The first-order chi connectivity index (χ1) is 11.9. The van der Waals surface area contributed by atoms with Crippen molar-refractivity contribution in [2.45, 2.75) is 36.6 Å². The van der Waals surface area contributed by atoms with Crippen LogP contribution in [0.5, 0.6) is 0 Å². The first-order valence-electron chi connectivity index (χ1n) is 8.77. The van der Waals surface area contributed by atoms with Gasteiger partial charge in [0.05, 0.1) is 10.9 Å². The molecule has 0 saturated heterocycles. The van der Waals surface area contributed by atoms with Gasteiger partial charge in [0.15, 0.2) is 0 Å². The monoisotopic (exact) mass is 361 g/mol. The number of sulfonamides is 1. The minimum Gasteiger partial charge on any atom is -0.353 e. The number of rotatable bonds is 6. The van der Waals surface area contributed by atoms with Crippen LogP contribution in [-0.2, 0) is 29.9 Å². The van der Waals surface area contributed by atoms with E-state index < -0.39 is 10.0 Å². The van der Waals surface area contributed by atoms with Crippen LogP contribution in [-0.4, -0.2) is 38.5 Å². The average molecular weight is 362 g/mol. The normalized spacial score (nSPS) is 16.0. The van der Waals surface area contributed by atoms with Crippen LogP contribution in [0.25, 0.3) is 0 Å². The minimum absolute atomic E-state index is 0.0209. The Morgan fingerprint density at radius 2 is 1.88 bits per heavy atom. The molecule has 136 valence electrons. The molecule has 1 heterocycles. The highest BCUT2D eigenvalue weighted by Gasteiger charge is 2.22. The van der Waals surface area contributed by atoms with Gasteiger partial charge in [0.1, 0.15) is 0 Å². The van der Waals surface area contributed by atoms with Gasteiger partial charge in [0, 0.05) is 25.5 Å². The maximum atomic E-state index is 12.8. The summed E-state index contributed by atoms with van der Waals surface area (Å²) >= 11 is 0. The molecule has 3 rings (SSSR count). The van der Waals surface area contributed by atoms with Crippen molar-refractivity contribution in [2.24, 2.45) is 7.05 Å². The maximum Gasteiger partial charge on any atom is 0.240 e. The van der Waals surface area contributed by atoms with Gasteiger partial charge >= 0.3 is 0 Å². The topological polar surface area (TPSA) is 54.3 Å². The molecule has 1 unspecified atom stereocenters. The standard InChI is InChI=1S/C19H27N3O2S/c1-21(2)19(18-9-6-12-22(18)3)14-20-25(23,24)17-11-10-15-7-4-5-8-16(15)13-17/h6,9-13,19-20H,4-5,7-8,14H2,1-3H3. The molecule has 0 aliphatic heterocycles. The van der Waals surface area contributed by atoms with Crippen molar-refractivity contribution in [1.29, 1.82) is 0 Å². The molecule has 25 heavy (non-hydrogen) atoms. The molecule has 1 N–H and O–H groups in total. The van der Waals surface area contributed by atoms with E-state index in [-0.39, 0.29) is 6.04 Å². The molecule has 0 radical (unpaired) electrons. The van der Waals surface area contributed by atoms with Crippen molar-refractivity contribution >= 4 is 10.0 Å². The molecular weight excluding hydrogens is 334 g/mol. The van der Waals surface area contributed by atoms with Crippen LogP contribution in [0.2, 0.25) is 0 Å². The van der Waals surface area contributed by atoms with E-state index >= 15 is 0 Å². The molecule has 1 atom stereocenters. The molecular formula is C19H27N3O2S. The number of fused-ring (bicyclic) bond motifs is 1. The lowest BCUT2D eigenvalue weighted by atomic mass is 9.92. The van der Waals surface area contributed by atoms with Gasteiger partial charge in [0.25, 0.3) is 0 Å². The predicted octanol–water partition coefficient (Wildman–Crippen LogP) is 2.49. The lowest BCUT2D eigenvalue weighted by molar-refractivity contribution is 0.289. The quantitative estimate of drug-likeness (QED) is 0.860. The lowest BCUT2D eigenvalue weighted by Crippen LogP contribution is -2.35. The van der Waals surface area contributed by atoms with Crippen molar-refractivity contribution in [2.75, 3.05) is 20.6 Å². The highest BCUT2D eigenvalue weighted by Crippen LogP contribution is 2.24. The summed E-state index contributed by atoms with van der Waals surface area (Å²) in [5.41, 5.74) is 3.55. The predicted molar refractivity (Wildman–Crippen MR) is 100 cm³/mol. The number of likely N-dealkylation sites (N-methyl/N-ethyl adjacent to an activating group) is 1. The minimum atomic E-state index is -3.51. The summed E-state index contributed by atoms with van der Waals surface area (Å²) in [5, 5.41) is 0. The summed E-state index contributed by atoms with van der Waals surface area (Å²) in [7, 11) is 2.39. The van der Waals surface area contributed by atoms with Crippen molar-refractivity contribution in [3.63, 3.8) is 0 Å². The van der Waals surface area contributed by atoms with Crippen molar-refractivity contribution in [3.05, 3.63) is 53.3 Å². The molecule has 2 aromatic rings. The second kappa shape index (κ2) is 7.32. The Labute approximate surface area is 150 Å². The Kier molecular flexibility index (Phi) is 5.32. The third-order valence-electron chi connectivity index (χ3n) is 5.05. The fourth-order valence-electron chi connectivity index (χ4n) is 3.52. The van der Waals surface area contributed by atoms with E-state index in [1.807, 2.05) is 61.1 Å². The van der Waals surface area contributed by atoms with Gasteiger partial charge in [-0.05, 0) is 75.2 Å². The lowest BCUT2D eigenvalue weighted by Gasteiger charge is -2.25. The van der Waals surface area contributed by atoms with E-state index in [4.69, 9.17) is 0 Å². The van der Waals surface area contributed by atoms with E-state index in [0.717, 1.165) is 25.0 Å². The van der Waals surface area contributed by atoms with Crippen molar-refractivity contribution < 1.29 is 8.42 Å². The summed E-state index contributed by atoms with van der Waals surface area (Å²) < 4.78 is 30.3. The Bertz CT molecular complexity index is 840. The number of aryl methyl sites for hydroxylation is 3. The number of hydrogen-bond acceptors (Lipinski definition) is 3. The molecule has 1 aromatic carbocycles. The van der Waals surface area contributed by atoms with Gasteiger partial charge in [0.2, 0.25) is 10.0 Å². The molecule has 1 aromatic heterocycles. The van der Waals surface area contributed by atoms with E-state index in [1.54, 1.807) is 6.07 Å². The fraction of sp³-hybridized carbons (Fsp3) is 0.474. The van der Waals surface area contributed by atoms with Crippen LogP contribution in [0.1, 0.15) is 35.7 Å². The van der Waals surface area contributed by atoms with Gasteiger partial charge in [-0.15, -0.1) is 0 Å². The molecule has 0 bridgehead atoms. The van der Waals surface area contributed by atoms with Crippen LogP contribution < -0.4 is 4.72 Å². The van der Waals surface area contributed by atoms with Gasteiger partial charge in [-0.3, -0.25) is 4.90 Å². The van der Waals surface area contributed by atoms with Crippen LogP contribution in [0.3, 0.4) is 0 Å². The van der Waals surface area contributed by atoms with E-state index in [2.05, 4.69) is 4.72 Å². The van der Waals surface area contributed by atoms with E-state index in [0.29, 0.717) is 11.4 Å². The molecule has 6 heteroatoms. The highest BCUT2D eigenvalue weighted by molar-refractivity contribution is 7.89. The van der Waals surface area contributed by atoms with Gasteiger partial charge in [-0.1, -0.05) is 6.07 Å². The number of benzene rings is 1. The molecule has 1 aliphatic carbocycles. The number of hydrogen-bond donors (Lipinski definition) is 1. The zero-order valence-corrected chi connectivity index (χ0v) is 16.0. The van der Waals surface area contributed by atoms with Crippen molar-refractivity contribution in [1.82, 2.24) is 14.2 Å². The Morgan fingerprint density at radius 3 is 2.52 bits per heavy atom. The van der Waals surface area contributed by atoms with Crippen LogP contribution in [0.15, 0.2) is 41.4 Å². The first kappa shape index (κ1) is 18.2. The van der Waals surface area contributed by atoms with E-state index in [9.17, 15) is 8.42 Å². The molecule has 0 saturated carbocycles. The van der Waals surface area contributed by atoms with Crippen LogP contribution in [0, 0.1) is 0 Å². The highest BCUT2D eigenvalue weighted by atomic mass is 32.2. The molecule has 0 spiro atoms. The third-order valence-corrected chi connectivity index (χ3v) is 6.47. The number of nitrogens with zero attached hydrogens (tertiary/aromatic N) is 2. The summed E-state index contributed by atoms with van der Waals surface area (Å²) in [5.74, 6) is 0. The Balaban J connectivity index is 1.78. The van der Waals surface area contributed by atoms with Crippen LogP contribution >= 0.6 is 0 Å². The Hall–Kier alpha value is -1.63. The summed E-state index contributed by atoms with van der Waals surface area (Å²) in [6.07, 6.45) is 6.34. The second-order valence-electron chi connectivity index (χ2n) is 7.01. The molecule has 1 aliphatic rings. The van der Waals surface area contributed by atoms with Gasteiger partial charge < -0.3 is 4.57 Å². The number of aromatic nitrogens is 1. The van der Waals surface area contributed by atoms with E-state index in [1.165, 1.54) is 17.5 Å². The molecule has 0 amide bonds. The first-order valence-corrected chi connectivity index (χ1v) is 10.3. The molecule has 0 fully saturated rings. The van der Waals surface area contributed by atoms with Crippen molar-refractivity contribution in [3.8, 4) is 0 Å². The SMILES string of the molecule is CN(C)C(CNS(=O)(=O)c1ccc2c(c1)CCCC2)c1cccn1C. The largest absolute Gasteiger partial charge is 0.353 e. The van der Waals surface area contributed by atoms with Gasteiger partial charge in [-0.25, -0.2) is 13.1 Å². The zero-order chi connectivity index (χ0) is 18.0. The summed E-state index contributed by atoms with van der Waals surface area (Å²) in [6.45, 7) is 0.338. The smallest absolute Gasteiger partial charge is 0.240 e. The zero-order valence-electron chi connectivity index (χ0n) is 15.2. The maximum absolute atomic E-state index is 12.8. The Morgan fingerprint density at radius 1 is 1.16 bits per heavy atom. The third kappa shape index (κ3) is 3.97.